The first-order valence-corrected chi connectivity index (χ1v) is 9.11. The van der Waals surface area contributed by atoms with E-state index in [2.05, 4.69) is 51.8 Å². The van der Waals surface area contributed by atoms with Gasteiger partial charge in [-0.2, -0.15) is 5.10 Å². The second-order valence-electron chi connectivity index (χ2n) is 6.19. The van der Waals surface area contributed by atoms with Gasteiger partial charge >= 0.3 is 0 Å². The predicted octanol–water partition coefficient (Wildman–Crippen LogP) is 3.44. The lowest BCUT2D eigenvalue weighted by Crippen LogP contribution is -2.07. The number of anilines is 1. The van der Waals surface area contributed by atoms with Gasteiger partial charge in [0.2, 0.25) is 11.0 Å². The molecule has 134 valence electrons. The van der Waals surface area contributed by atoms with Gasteiger partial charge in [0.1, 0.15) is 5.01 Å². The highest BCUT2D eigenvalue weighted by Crippen LogP contribution is 2.19. The standard InChI is InChI=1S/C19H21N5OS/c1-12-5-7-15(8-6-12)11-18-21-22-19(26-18)20-17(25)10-9-16-13(2)23-24(4)14(16)3/h5-10H,11H2,1-4H3,(H,20,22,25). The van der Waals surface area contributed by atoms with E-state index in [1.807, 2.05) is 20.9 Å². The quantitative estimate of drug-likeness (QED) is 0.701. The van der Waals surface area contributed by atoms with Gasteiger partial charge in [-0.25, -0.2) is 0 Å². The number of benzene rings is 1. The summed E-state index contributed by atoms with van der Waals surface area (Å²) in [7, 11) is 1.89. The Labute approximate surface area is 156 Å². The van der Waals surface area contributed by atoms with E-state index in [9.17, 15) is 4.79 Å². The average Bonchev–Trinajstić information content (AvgIpc) is 3.12. The van der Waals surface area contributed by atoms with Gasteiger partial charge in [0.05, 0.1) is 5.69 Å². The first-order valence-electron chi connectivity index (χ1n) is 8.29. The van der Waals surface area contributed by atoms with E-state index in [-0.39, 0.29) is 5.91 Å². The lowest BCUT2D eigenvalue weighted by atomic mass is 10.1. The Kier molecular flexibility index (Phi) is 5.27. The molecule has 0 aliphatic heterocycles. The minimum Gasteiger partial charge on any atom is -0.297 e. The first-order chi connectivity index (χ1) is 12.4. The molecule has 0 aliphatic rings. The number of amides is 1. The normalized spacial score (nSPS) is 11.2. The van der Waals surface area contributed by atoms with Crippen LogP contribution in [-0.2, 0) is 18.3 Å². The summed E-state index contributed by atoms with van der Waals surface area (Å²) in [6.07, 6.45) is 3.98. The van der Waals surface area contributed by atoms with E-state index >= 15 is 0 Å². The molecular weight excluding hydrogens is 346 g/mol. The third-order valence-corrected chi connectivity index (χ3v) is 4.98. The Morgan fingerprint density at radius 3 is 2.58 bits per heavy atom. The van der Waals surface area contributed by atoms with Crippen LogP contribution in [0.2, 0.25) is 0 Å². The second-order valence-corrected chi connectivity index (χ2v) is 7.26. The highest BCUT2D eigenvalue weighted by atomic mass is 32.1. The SMILES string of the molecule is Cc1ccc(Cc2nnc(NC(=O)C=Cc3c(C)nn(C)c3C)s2)cc1. The molecule has 0 bridgehead atoms. The fourth-order valence-corrected chi connectivity index (χ4v) is 3.37. The molecule has 1 aromatic carbocycles. The van der Waals surface area contributed by atoms with Crippen molar-refractivity contribution in [1.82, 2.24) is 20.0 Å². The van der Waals surface area contributed by atoms with Crippen molar-refractivity contribution in [2.24, 2.45) is 7.05 Å². The smallest absolute Gasteiger partial charge is 0.250 e. The maximum Gasteiger partial charge on any atom is 0.250 e. The molecule has 2 aromatic heterocycles. The minimum atomic E-state index is -0.231. The molecule has 0 atom stereocenters. The number of rotatable bonds is 5. The van der Waals surface area contributed by atoms with Crippen LogP contribution in [-0.4, -0.2) is 25.9 Å². The molecule has 3 rings (SSSR count). The van der Waals surface area contributed by atoms with E-state index in [1.54, 1.807) is 10.8 Å². The Morgan fingerprint density at radius 2 is 1.92 bits per heavy atom. The fourth-order valence-electron chi connectivity index (χ4n) is 2.59. The zero-order valence-corrected chi connectivity index (χ0v) is 16.1. The van der Waals surface area contributed by atoms with Crippen molar-refractivity contribution in [2.45, 2.75) is 27.2 Å². The highest BCUT2D eigenvalue weighted by Gasteiger charge is 2.09. The zero-order chi connectivity index (χ0) is 18.7. The van der Waals surface area contributed by atoms with Gasteiger partial charge in [0.25, 0.3) is 0 Å². The van der Waals surface area contributed by atoms with Crippen LogP contribution < -0.4 is 5.32 Å². The summed E-state index contributed by atoms with van der Waals surface area (Å²) >= 11 is 1.39. The molecule has 6 nitrogen and oxygen atoms in total. The second kappa shape index (κ2) is 7.61. The highest BCUT2D eigenvalue weighted by molar-refractivity contribution is 7.15. The molecule has 0 unspecified atom stereocenters. The molecule has 0 radical (unpaired) electrons. The third kappa shape index (κ3) is 4.23. The van der Waals surface area contributed by atoms with Crippen LogP contribution in [0.4, 0.5) is 5.13 Å². The Balaban J connectivity index is 1.62. The Bertz CT molecular complexity index is 953. The van der Waals surface area contributed by atoms with Crippen molar-refractivity contribution in [3.63, 3.8) is 0 Å². The Hall–Kier alpha value is -2.80. The maximum absolute atomic E-state index is 12.1. The summed E-state index contributed by atoms with van der Waals surface area (Å²) in [6, 6.07) is 8.31. The largest absolute Gasteiger partial charge is 0.297 e. The summed E-state index contributed by atoms with van der Waals surface area (Å²) in [5.41, 5.74) is 5.27. The van der Waals surface area contributed by atoms with Gasteiger partial charge < -0.3 is 0 Å². The van der Waals surface area contributed by atoms with Crippen LogP contribution in [0, 0.1) is 20.8 Å². The lowest BCUT2D eigenvalue weighted by Gasteiger charge is -1.98. The van der Waals surface area contributed by atoms with Gasteiger partial charge in [-0.1, -0.05) is 41.2 Å². The summed E-state index contributed by atoms with van der Waals surface area (Å²) in [5, 5.41) is 16.7. The van der Waals surface area contributed by atoms with E-state index in [0.29, 0.717) is 11.6 Å². The number of aromatic nitrogens is 4. The molecule has 3 aromatic rings. The van der Waals surface area contributed by atoms with Crippen molar-refractivity contribution in [1.29, 1.82) is 0 Å². The van der Waals surface area contributed by atoms with Crippen LogP contribution in [0.5, 0.6) is 0 Å². The van der Waals surface area contributed by atoms with Crippen LogP contribution in [0.1, 0.15) is 33.1 Å². The molecule has 26 heavy (non-hydrogen) atoms. The maximum atomic E-state index is 12.1. The van der Waals surface area contributed by atoms with Crippen molar-refractivity contribution in [3.8, 4) is 0 Å². The van der Waals surface area contributed by atoms with Crippen molar-refractivity contribution in [2.75, 3.05) is 5.32 Å². The molecule has 1 amide bonds. The van der Waals surface area contributed by atoms with Crippen molar-refractivity contribution >= 4 is 28.5 Å². The van der Waals surface area contributed by atoms with Gasteiger partial charge in [0.15, 0.2) is 0 Å². The number of carbonyl (C=O) groups is 1. The zero-order valence-electron chi connectivity index (χ0n) is 15.3. The summed E-state index contributed by atoms with van der Waals surface area (Å²) in [6.45, 7) is 5.96. The number of carbonyl (C=O) groups excluding carboxylic acids is 1. The van der Waals surface area contributed by atoms with Crippen LogP contribution in [0.15, 0.2) is 30.3 Å². The first kappa shape index (κ1) is 18.0. The van der Waals surface area contributed by atoms with Gasteiger partial charge in [-0.15, -0.1) is 10.2 Å². The molecule has 1 N–H and O–H groups in total. The summed E-state index contributed by atoms with van der Waals surface area (Å²) in [5.74, 6) is -0.231. The van der Waals surface area contributed by atoms with E-state index in [1.165, 1.54) is 28.5 Å². The van der Waals surface area contributed by atoms with E-state index in [4.69, 9.17) is 0 Å². The lowest BCUT2D eigenvalue weighted by molar-refractivity contribution is -0.111. The molecular formula is C19H21N5OS. The predicted molar refractivity (Wildman–Crippen MR) is 104 cm³/mol. The van der Waals surface area contributed by atoms with Crippen molar-refractivity contribution < 1.29 is 4.79 Å². The number of aryl methyl sites for hydroxylation is 3. The average molecular weight is 367 g/mol. The number of nitrogens with one attached hydrogen (secondary N) is 1. The number of hydrogen-bond acceptors (Lipinski definition) is 5. The molecule has 0 aliphatic carbocycles. The van der Waals surface area contributed by atoms with Crippen LogP contribution in [0.3, 0.4) is 0 Å². The molecule has 2 heterocycles. The topological polar surface area (TPSA) is 72.7 Å². The Morgan fingerprint density at radius 1 is 1.19 bits per heavy atom. The molecule has 0 saturated heterocycles. The van der Waals surface area contributed by atoms with E-state index < -0.39 is 0 Å². The molecule has 0 spiro atoms. The molecule has 0 saturated carbocycles. The van der Waals surface area contributed by atoms with Crippen LogP contribution >= 0.6 is 11.3 Å². The molecule has 7 heteroatoms. The number of nitrogens with zero attached hydrogens (tertiary/aromatic N) is 4. The van der Waals surface area contributed by atoms with E-state index in [0.717, 1.165) is 22.0 Å². The van der Waals surface area contributed by atoms with Crippen LogP contribution in [0.25, 0.3) is 6.08 Å². The van der Waals surface area contributed by atoms with Gasteiger partial charge in [-0.05, 0) is 32.4 Å². The van der Waals surface area contributed by atoms with Crippen molar-refractivity contribution in [3.05, 3.63) is 63.4 Å². The minimum absolute atomic E-state index is 0.231. The summed E-state index contributed by atoms with van der Waals surface area (Å²) < 4.78 is 1.80. The summed E-state index contributed by atoms with van der Waals surface area (Å²) in [4.78, 5) is 12.1. The van der Waals surface area contributed by atoms with Gasteiger partial charge in [-0.3, -0.25) is 14.8 Å². The fraction of sp³-hybridized carbons (Fsp3) is 0.263. The van der Waals surface area contributed by atoms with Gasteiger partial charge in [0, 0.05) is 30.8 Å². The number of hydrogen-bond donors (Lipinski definition) is 1. The monoisotopic (exact) mass is 367 g/mol. The molecule has 0 fully saturated rings. The third-order valence-electron chi connectivity index (χ3n) is 4.14.